The van der Waals surface area contributed by atoms with Crippen molar-refractivity contribution in [3.05, 3.63) is 12.4 Å². The van der Waals surface area contributed by atoms with Crippen LogP contribution >= 0.6 is 7.60 Å². The smallest absolute Gasteiger partial charge is 0.348 e. The normalized spacial score (nSPS) is 9.00. The molecule has 0 saturated heterocycles. The number of hydrogen-bond acceptors (Lipinski definition) is 2. The molecule has 0 aliphatic carbocycles. The van der Waals surface area contributed by atoms with E-state index in [9.17, 15) is 4.57 Å². The molecule has 4 nitrogen and oxygen atoms in total. The number of aliphatic hydroxyl groups is 1. The Balaban J connectivity index is 0. The van der Waals surface area contributed by atoms with Crippen LogP contribution in [-0.2, 0) is 4.57 Å². The Bertz CT molecular complexity index is 93.5. The number of hydrogen-bond donors (Lipinski definition) is 3. The van der Waals surface area contributed by atoms with Crippen molar-refractivity contribution in [1.29, 1.82) is 0 Å². The lowest BCUT2D eigenvalue weighted by Gasteiger charge is -1.87. The quantitative estimate of drug-likeness (QED) is 0.445. The fourth-order valence-corrected chi connectivity index (χ4v) is 0. The van der Waals surface area contributed by atoms with Crippen molar-refractivity contribution in [3.63, 3.8) is 0 Å². The van der Waals surface area contributed by atoms with Gasteiger partial charge < -0.3 is 14.9 Å². The Hall–Kier alpha value is -0.150. The predicted octanol–water partition coefficient (Wildman–Crippen LogP) is -0.0839. The molecule has 5 heteroatoms. The molecule has 50 valence electrons. The molecule has 0 aliphatic rings. The Morgan fingerprint density at radius 1 is 1.50 bits per heavy atom. The first-order chi connectivity index (χ1) is 3.56. The number of rotatable bonds is 1. The van der Waals surface area contributed by atoms with E-state index in [4.69, 9.17) is 14.9 Å². The SMILES string of the molecule is C=CP(=O)(O)O.CO. The Morgan fingerprint density at radius 2 is 1.62 bits per heavy atom. The summed E-state index contributed by atoms with van der Waals surface area (Å²) in [5, 5.41) is 7.00. The lowest BCUT2D eigenvalue weighted by Crippen LogP contribution is -1.63. The molecule has 0 aromatic heterocycles. The van der Waals surface area contributed by atoms with Crippen LogP contribution in [0.25, 0.3) is 0 Å². The molecule has 0 aromatic carbocycles. The van der Waals surface area contributed by atoms with Gasteiger partial charge >= 0.3 is 7.60 Å². The molecule has 0 rings (SSSR count). The van der Waals surface area contributed by atoms with Crippen LogP contribution in [0.3, 0.4) is 0 Å². The van der Waals surface area contributed by atoms with Gasteiger partial charge in [-0.1, -0.05) is 6.58 Å². The van der Waals surface area contributed by atoms with Crippen molar-refractivity contribution in [2.75, 3.05) is 7.11 Å². The highest BCUT2D eigenvalue weighted by Crippen LogP contribution is 2.34. The standard InChI is InChI=1S/C2H5O3P.CH4O/c1-2-6(3,4)5;1-2/h2H,1H2,(H2,3,4,5);2H,1H3. The average Bonchev–Trinajstić information content (AvgIpc) is 1.71. The van der Waals surface area contributed by atoms with Gasteiger partial charge in [0, 0.05) is 12.9 Å². The minimum absolute atomic E-state index is 0.604. The lowest BCUT2D eigenvalue weighted by molar-refractivity contribution is 0.386. The van der Waals surface area contributed by atoms with E-state index in [1.165, 1.54) is 0 Å². The van der Waals surface area contributed by atoms with E-state index >= 15 is 0 Å². The summed E-state index contributed by atoms with van der Waals surface area (Å²) in [6.45, 7) is 2.87. The molecule has 0 atom stereocenters. The summed E-state index contributed by atoms with van der Waals surface area (Å²) >= 11 is 0. The molecule has 0 amide bonds. The van der Waals surface area contributed by atoms with Crippen LogP contribution in [-0.4, -0.2) is 22.0 Å². The van der Waals surface area contributed by atoms with E-state index in [-0.39, 0.29) is 0 Å². The highest BCUT2D eigenvalue weighted by molar-refractivity contribution is 7.55. The predicted molar refractivity (Wildman–Crippen MR) is 30.4 cm³/mol. The zero-order chi connectivity index (χ0) is 7.21. The highest BCUT2D eigenvalue weighted by atomic mass is 31.2. The third kappa shape index (κ3) is 16.9. The van der Waals surface area contributed by atoms with E-state index in [2.05, 4.69) is 6.58 Å². The van der Waals surface area contributed by atoms with Gasteiger partial charge in [0.05, 0.1) is 0 Å². The van der Waals surface area contributed by atoms with E-state index in [1.54, 1.807) is 0 Å². The molecule has 0 fully saturated rings. The van der Waals surface area contributed by atoms with Crippen LogP contribution in [0.15, 0.2) is 12.4 Å². The Morgan fingerprint density at radius 3 is 1.62 bits per heavy atom. The lowest BCUT2D eigenvalue weighted by atomic mass is 11.3. The summed E-state index contributed by atoms with van der Waals surface area (Å²) in [6, 6.07) is 0. The molecular weight excluding hydrogens is 131 g/mol. The second-order valence-electron chi connectivity index (χ2n) is 0.772. The Kier molecular flexibility index (Phi) is 6.72. The monoisotopic (exact) mass is 140 g/mol. The van der Waals surface area contributed by atoms with E-state index in [0.29, 0.717) is 5.82 Å². The zero-order valence-corrected chi connectivity index (χ0v) is 5.38. The third-order valence-electron chi connectivity index (χ3n) is 0.238. The highest BCUT2D eigenvalue weighted by Gasteiger charge is 2.00. The van der Waals surface area contributed by atoms with Crippen LogP contribution in [0.1, 0.15) is 0 Å². The van der Waals surface area contributed by atoms with Crippen molar-refractivity contribution in [2.45, 2.75) is 0 Å². The van der Waals surface area contributed by atoms with Gasteiger partial charge in [-0.15, -0.1) is 0 Å². The molecule has 0 aliphatic heterocycles. The minimum atomic E-state index is -3.88. The van der Waals surface area contributed by atoms with Crippen molar-refractivity contribution in [3.8, 4) is 0 Å². The van der Waals surface area contributed by atoms with Gasteiger partial charge in [-0.25, -0.2) is 0 Å². The molecule has 8 heavy (non-hydrogen) atoms. The first-order valence-electron chi connectivity index (χ1n) is 1.70. The first-order valence-corrected chi connectivity index (χ1v) is 3.38. The van der Waals surface area contributed by atoms with Crippen LogP contribution in [0.5, 0.6) is 0 Å². The molecule has 3 N–H and O–H groups in total. The fourth-order valence-electron chi connectivity index (χ4n) is 0. The summed E-state index contributed by atoms with van der Waals surface area (Å²) in [5.74, 6) is 0.604. The molecule has 0 heterocycles. The zero-order valence-electron chi connectivity index (χ0n) is 4.48. The van der Waals surface area contributed by atoms with Crippen molar-refractivity contribution in [2.24, 2.45) is 0 Å². The van der Waals surface area contributed by atoms with Gasteiger partial charge in [0.15, 0.2) is 0 Å². The summed E-state index contributed by atoms with van der Waals surface area (Å²) < 4.78 is 9.58. The van der Waals surface area contributed by atoms with Gasteiger partial charge in [-0.05, 0) is 0 Å². The summed E-state index contributed by atoms with van der Waals surface area (Å²) in [6.07, 6.45) is 0. The molecule has 0 aromatic rings. The van der Waals surface area contributed by atoms with Crippen LogP contribution in [0.4, 0.5) is 0 Å². The van der Waals surface area contributed by atoms with E-state index in [0.717, 1.165) is 7.11 Å². The molecule has 0 spiro atoms. The van der Waals surface area contributed by atoms with Gasteiger partial charge in [0.25, 0.3) is 0 Å². The molecule has 0 bridgehead atoms. The molecule has 0 saturated carbocycles. The van der Waals surface area contributed by atoms with Crippen LogP contribution < -0.4 is 0 Å². The maximum atomic E-state index is 9.58. The summed E-state index contributed by atoms with van der Waals surface area (Å²) in [7, 11) is -2.88. The average molecular weight is 140 g/mol. The Labute approximate surface area is 47.6 Å². The van der Waals surface area contributed by atoms with E-state index < -0.39 is 7.60 Å². The van der Waals surface area contributed by atoms with Gasteiger partial charge in [-0.2, -0.15) is 0 Å². The van der Waals surface area contributed by atoms with Gasteiger partial charge in [-0.3, -0.25) is 4.57 Å². The molecule has 0 unspecified atom stereocenters. The third-order valence-corrected chi connectivity index (χ3v) is 0.714. The molecular formula is C3H9O4P. The van der Waals surface area contributed by atoms with E-state index in [1.807, 2.05) is 0 Å². The summed E-state index contributed by atoms with van der Waals surface area (Å²) in [4.78, 5) is 15.6. The van der Waals surface area contributed by atoms with Gasteiger partial charge in [0.2, 0.25) is 0 Å². The number of aliphatic hydroxyl groups excluding tert-OH is 1. The fraction of sp³-hybridized carbons (Fsp3) is 0.333. The maximum Gasteiger partial charge on any atom is 0.348 e. The van der Waals surface area contributed by atoms with Crippen molar-refractivity contribution in [1.82, 2.24) is 0 Å². The first kappa shape index (κ1) is 10.8. The molecule has 0 radical (unpaired) electrons. The maximum absolute atomic E-state index is 9.58. The van der Waals surface area contributed by atoms with Crippen molar-refractivity contribution >= 4 is 7.60 Å². The van der Waals surface area contributed by atoms with Crippen LogP contribution in [0, 0.1) is 0 Å². The van der Waals surface area contributed by atoms with Gasteiger partial charge in [0.1, 0.15) is 0 Å². The summed E-state index contributed by atoms with van der Waals surface area (Å²) in [5.41, 5.74) is 0. The topological polar surface area (TPSA) is 77.8 Å². The second-order valence-corrected chi connectivity index (χ2v) is 2.31. The van der Waals surface area contributed by atoms with Crippen LogP contribution in [0.2, 0.25) is 0 Å². The second kappa shape index (κ2) is 5.00. The largest absolute Gasteiger partial charge is 0.400 e. The minimum Gasteiger partial charge on any atom is -0.400 e. The van der Waals surface area contributed by atoms with Crippen molar-refractivity contribution < 1.29 is 19.5 Å².